The Hall–Kier alpha value is -1.06. The third-order valence-corrected chi connectivity index (χ3v) is 2.96. The molecule has 0 saturated carbocycles. The number of hydrogen-bond acceptors (Lipinski definition) is 3. The number of rotatable bonds is 4. The van der Waals surface area contributed by atoms with Crippen molar-refractivity contribution < 1.29 is 4.74 Å². The lowest BCUT2D eigenvalue weighted by Crippen LogP contribution is -2.32. The van der Waals surface area contributed by atoms with Crippen molar-refractivity contribution in [2.45, 2.75) is 33.7 Å². The van der Waals surface area contributed by atoms with Gasteiger partial charge in [-0.3, -0.25) is 11.3 Å². The molecule has 3 N–H and O–H groups in total. The molecule has 0 bridgehead atoms. The number of aryl methyl sites for hydroxylation is 2. The largest absolute Gasteiger partial charge is 0.496 e. The second-order valence-electron chi connectivity index (χ2n) is 4.57. The van der Waals surface area contributed by atoms with Crippen LogP contribution >= 0.6 is 0 Å². The van der Waals surface area contributed by atoms with E-state index in [2.05, 4.69) is 45.3 Å². The molecule has 0 heterocycles. The molecule has 3 nitrogen and oxygen atoms in total. The van der Waals surface area contributed by atoms with Crippen LogP contribution in [0, 0.1) is 19.8 Å². The standard InChI is InChI=1S/C13H22N2O/c1-8(2)13(15-14)11-6-10(4)12(16-5)7-9(11)3/h6-8,13,15H,14H2,1-5H3. The Kier molecular flexibility index (Phi) is 4.33. The number of nitrogens with one attached hydrogen (secondary N) is 1. The molecule has 0 aliphatic heterocycles. The summed E-state index contributed by atoms with van der Waals surface area (Å²) in [5.41, 5.74) is 6.48. The molecule has 0 spiro atoms. The molecule has 0 fully saturated rings. The van der Waals surface area contributed by atoms with E-state index in [0.29, 0.717) is 5.92 Å². The van der Waals surface area contributed by atoms with E-state index in [4.69, 9.17) is 10.6 Å². The van der Waals surface area contributed by atoms with Crippen LogP contribution in [-0.2, 0) is 0 Å². The highest BCUT2D eigenvalue weighted by atomic mass is 16.5. The number of nitrogens with two attached hydrogens (primary N) is 1. The van der Waals surface area contributed by atoms with Crippen molar-refractivity contribution >= 4 is 0 Å². The van der Waals surface area contributed by atoms with Crippen LogP contribution in [0.1, 0.15) is 36.6 Å². The van der Waals surface area contributed by atoms with Gasteiger partial charge in [-0.15, -0.1) is 0 Å². The van der Waals surface area contributed by atoms with Crippen LogP contribution in [0.4, 0.5) is 0 Å². The third kappa shape index (κ3) is 2.54. The first-order chi connectivity index (χ1) is 7.51. The Bertz CT molecular complexity index is 361. The van der Waals surface area contributed by atoms with E-state index in [0.717, 1.165) is 11.3 Å². The van der Waals surface area contributed by atoms with Gasteiger partial charge in [0.25, 0.3) is 0 Å². The summed E-state index contributed by atoms with van der Waals surface area (Å²) in [7, 11) is 1.70. The molecule has 3 heteroatoms. The molecule has 16 heavy (non-hydrogen) atoms. The Labute approximate surface area is 98.0 Å². The molecule has 90 valence electrons. The van der Waals surface area contributed by atoms with Gasteiger partial charge in [0.2, 0.25) is 0 Å². The summed E-state index contributed by atoms with van der Waals surface area (Å²) in [4.78, 5) is 0. The number of benzene rings is 1. The van der Waals surface area contributed by atoms with E-state index in [-0.39, 0.29) is 6.04 Å². The molecule has 1 rings (SSSR count). The van der Waals surface area contributed by atoms with Gasteiger partial charge in [0.1, 0.15) is 5.75 Å². The molecule has 0 aliphatic rings. The van der Waals surface area contributed by atoms with Crippen LogP contribution in [0.2, 0.25) is 0 Å². The predicted molar refractivity (Wildman–Crippen MR) is 67.4 cm³/mol. The van der Waals surface area contributed by atoms with Crippen LogP contribution in [0.5, 0.6) is 5.75 Å². The van der Waals surface area contributed by atoms with Crippen molar-refractivity contribution in [2.24, 2.45) is 11.8 Å². The zero-order valence-corrected chi connectivity index (χ0v) is 10.8. The van der Waals surface area contributed by atoms with Gasteiger partial charge < -0.3 is 4.74 Å². The van der Waals surface area contributed by atoms with Gasteiger partial charge in [-0.2, -0.15) is 0 Å². The molecule has 0 saturated heterocycles. The lowest BCUT2D eigenvalue weighted by molar-refractivity contribution is 0.405. The molecule has 1 atom stereocenters. The summed E-state index contributed by atoms with van der Waals surface area (Å²) in [5, 5.41) is 0. The molecule has 1 aromatic rings. The van der Waals surface area contributed by atoms with E-state index in [1.165, 1.54) is 11.1 Å². The Morgan fingerprint density at radius 1 is 1.19 bits per heavy atom. The summed E-state index contributed by atoms with van der Waals surface area (Å²) in [6.07, 6.45) is 0. The third-order valence-electron chi connectivity index (χ3n) is 2.96. The zero-order chi connectivity index (χ0) is 12.3. The first-order valence-corrected chi connectivity index (χ1v) is 5.62. The Morgan fingerprint density at radius 2 is 1.81 bits per heavy atom. The van der Waals surface area contributed by atoms with Crippen LogP contribution in [-0.4, -0.2) is 7.11 Å². The van der Waals surface area contributed by atoms with Crippen LogP contribution in [0.15, 0.2) is 12.1 Å². The minimum atomic E-state index is 0.185. The summed E-state index contributed by atoms with van der Waals surface area (Å²) in [6.45, 7) is 8.45. The normalized spacial score (nSPS) is 12.9. The maximum Gasteiger partial charge on any atom is 0.122 e. The molecular formula is C13H22N2O. The second-order valence-corrected chi connectivity index (χ2v) is 4.57. The lowest BCUT2D eigenvalue weighted by Gasteiger charge is -2.23. The Balaban J connectivity index is 3.18. The van der Waals surface area contributed by atoms with E-state index in [1.54, 1.807) is 7.11 Å². The van der Waals surface area contributed by atoms with Gasteiger partial charge in [0, 0.05) is 6.04 Å². The van der Waals surface area contributed by atoms with Crippen LogP contribution < -0.4 is 16.0 Å². The highest BCUT2D eigenvalue weighted by molar-refractivity contribution is 5.43. The molecule has 1 aromatic carbocycles. The molecule has 0 amide bonds. The van der Waals surface area contributed by atoms with Crippen molar-refractivity contribution in [2.75, 3.05) is 7.11 Å². The van der Waals surface area contributed by atoms with Crippen molar-refractivity contribution in [3.05, 3.63) is 28.8 Å². The first-order valence-electron chi connectivity index (χ1n) is 5.62. The fraction of sp³-hybridized carbons (Fsp3) is 0.538. The van der Waals surface area contributed by atoms with Gasteiger partial charge >= 0.3 is 0 Å². The van der Waals surface area contributed by atoms with Crippen molar-refractivity contribution in [3.63, 3.8) is 0 Å². The SMILES string of the molecule is COc1cc(C)c(C(NN)C(C)C)cc1C. The fourth-order valence-electron chi connectivity index (χ4n) is 2.01. The topological polar surface area (TPSA) is 47.3 Å². The number of methoxy groups -OCH3 is 1. The molecule has 0 aliphatic carbocycles. The summed E-state index contributed by atoms with van der Waals surface area (Å²) in [6, 6.07) is 4.40. The minimum absolute atomic E-state index is 0.185. The first kappa shape index (κ1) is 13.0. The van der Waals surface area contributed by atoms with Gasteiger partial charge in [-0.05, 0) is 42.5 Å². The van der Waals surface area contributed by atoms with Crippen molar-refractivity contribution in [3.8, 4) is 5.75 Å². The van der Waals surface area contributed by atoms with Gasteiger partial charge in [-0.1, -0.05) is 19.9 Å². The van der Waals surface area contributed by atoms with Crippen molar-refractivity contribution in [1.29, 1.82) is 0 Å². The number of hydrazine groups is 1. The zero-order valence-electron chi connectivity index (χ0n) is 10.8. The van der Waals surface area contributed by atoms with E-state index in [1.807, 2.05) is 0 Å². The van der Waals surface area contributed by atoms with Gasteiger partial charge in [0.05, 0.1) is 7.11 Å². The summed E-state index contributed by atoms with van der Waals surface area (Å²) >= 11 is 0. The average Bonchev–Trinajstić information content (AvgIpc) is 2.23. The van der Waals surface area contributed by atoms with E-state index >= 15 is 0 Å². The van der Waals surface area contributed by atoms with E-state index < -0.39 is 0 Å². The fourth-order valence-corrected chi connectivity index (χ4v) is 2.01. The number of hydrogen-bond donors (Lipinski definition) is 2. The quantitative estimate of drug-likeness (QED) is 0.607. The summed E-state index contributed by atoms with van der Waals surface area (Å²) < 4.78 is 5.30. The minimum Gasteiger partial charge on any atom is -0.496 e. The maximum absolute atomic E-state index is 5.61. The molecule has 0 aromatic heterocycles. The van der Waals surface area contributed by atoms with Crippen LogP contribution in [0.3, 0.4) is 0 Å². The molecule has 1 unspecified atom stereocenters. The smallest absolute Gasteiger partial charge is 0.122 e. The monoisotopic (exact) mass is 222 g/mol. The number of ether oxygens (including phenoxy) is 1. The second kappa shape index (κ2) is 5.32. The molecular weight excluding hydrogens is 200 g/mol. The van der Waals surface area contributed by atoms with Crippen molar-refractivity contribution in [1.82, 2.24) is 5.43 Å². The van der Waals surface area contributed by atoms with Crippen LogP contribution in [0.25, 0.3) is 0 Å². The predicted octanol–water partition coefficient (Wildman–Crippen LogP) is 2.47. The maximum atomic E-state index is 5.61. The average molecular weight is 222 g/mol. The highest BCUT2D eigenvalue weighted by Crippen LogP contribution is 2.29. The van der Waals surface area contributed by atoms with Gasteiger partial charge in [0.15, 0.2) is 0 Å². The molecule has 0 radical (unpaired) electrons. The lowest BCUT2D eigenvalue weighted by atomic mass is 9.91. The van der Waals surface area contributed by atoms with Gasteiger partial charge in [-0.25, -0.2) is 0 Å². The highest BCUT2D eigenvalue weighted by Gasteiger charge is 2.17. The Morgan fingerprint density at radius 3 is 2.25 bits per heavy atom. The van der Waals surface area contributed by atoms with E-state index in [9.17, 15) is 0 Å². The summed E-state index contributed by atoms with van der Waals surface area (Å²) in [5.74, 6) is 7.00.